The van der Waals surface area contributed by atoms with Crippen LogP contribution in [0.3, 0.4) is 0 Å². The Hall–Kier alpha value is -0.0800. The molecular weight excluding hydrogens is 150 g/mol. The maximum Gasteiger partial charge on any atom is 0.0807 e. The molecule has 0 spiro atoms. The van der Waals surface area contributed by atoms with E-state index in [9.17, 15) is 0 Å². The van der Waals surface area contributed by atoms with E-state index in [1.807, 2.05) is 0 Å². The fraction of sp³-hybridized carbons (Fsp3) is 1.00. The molecule has 1 rings (SSSR count). The molecule has 0 aromatic rings. The van der Waals surface area contributed by atoms with Gasteiger partial charge in [-0.15, -0.1) is 0 Å². The maximum absolute atomic E-state index is 6.10. The van der Waals surface area contributed by atoms with E-state index >= 15 is 0 Å². The van der Waals surface area contributed by atoms with E-state index in [0.717, 1.165) is 13.0 Å². The number of nitrogens with two attached hydrogens (primary N) is 1. The van der Waals surface area contributed by atoms with Gasteiger partial charge in [-0.05, 0) is 32.1 Å². The van der Waals surface area contributed by atoms with Gasteiger partial charge in [-0.1, -0.05) is 13.8 Å². The van der Waals surface area contributed by atoms with Gasteiger partial charge in [-0.2, -0.15) is 0 Å². The fourth-order valence-electron chi connectivity index (χ4n) is 1.92. The fourth-order valence-corrected chi connectivity index (χ4v) is 1.92. The Labute approximate surface area is 75.5 Å². The first-order valence-electron chi connectivity index (χ1n) is 4.96. The predicted octanol–water partition coefficient (Wildman–Crippen LogP) is 1.93. The molecule has 1 aliphatic heterocycles. The summed E-state index contributed by atoms with van der Waals surface area (Å²) in [5, 5.41) is 0. The van der Waals surface area contributed by atoms with E-state index in [2.05, 4.69) is 20.8 Å². The third-order valence-corrected chi connectivity index (χ3v) is 2.92. The second-order valence-corrected chi connectivity index (χ2v) is 4.39. The summed E-state index contributed by atoms with van der Waals surface area (Å²) in [6.07, 6.45) is 3.57. The third-order valence-electron chi connectivity index (χ3n) is 2.92. The molecule has 0 aromatic heterocycles. The van der Waals surface area contributed by atoms with Gasteiger partial charge in [0.05, 0.1) is 5.60 Å². The average molecular weight is 171 g/mol. The van der Waals surface area contributed by atoms with Gasteiger partial charge >= 0.3 is 0 Å². The molecule has 1 saturated heterocycles. The molecule has 1 heterocycles. The first-order valence-corrected chi connectivity index (χ1v) is 4.96. The zero-order chi connectivity index (χ0) is 9.19. The molecule has 2 atom stereocenters. The minimum Gasteiger partial charge on any atom is -0.374 e. The summed E-state index contributed by atoms with van der Waals surface area (Å²) in [5.41, 5.74) is 6.04. The Balaban J connectivity index is 2.56. The average Bonchev–Trinajstić information content (AvgIpc) is 2.04. The molecule has 2 unspecified atom stereocenters. The van der Waals surface area contributed by atoms with Crippen LogP contribution in [0.4, 0.5) is 0 Å². The van der Waals surface area contributed by atoms with Gasteiger partial charge < -0.3 is 10.5 Å². The van der Waals surface area contributed by atoms with Crippen molar-refractivity contribution in [1.82, 2.24) is 0 Å². The Morgan fingerprint density at radius 2 is 2.00 bits per heavy atom. The van der Waals surface area contributed by atoms with Gasteiger partial charge in [0.15, 0.2) is 0 Å². The molecule has 2 heteroatoms. The molecule has 1 aliphatic rings. The van der Waals surface area contributed by atoms with Crippen LogP contribution in [0.1, 0.15) is 40.0 Å². The van der Waals surface area contributed by atoms with Crippen LogP contribution in [0.2, 0.25) is 0 Å². The van der Waals surface area contributed by atoms with Crippen molar-refractivity contribution in [3.05, 3.63) is 0 Å². The summed E-state index contributed by atoms with van der Waals surface area (Å²) in [7, 11) is 0. The molecule has 2 N–H and O–H groups in total. The Morgan fingerprint density at radius 1 is 1.33 bits per heavy atom. The first-order chi connectivity index (χ1) is 5.56. The molecule has 0 bridgehead atoms. The number of hydrogen-bond acceptors (Lipinski definition) is 2. The zero-order valence-electron chi connectivity index (χ0n) is 8.47. The van der Waals surface area contributed by atoms with Crippen molar-refractivity contribution in [3.8, 4) is 0 Å². The molecule has 0 radical (unpaired) electrons. The van der Waals surface area contributed by atoms with Crippen molar-refractivity contribution < 1.29 is 4.74 Å². The van der Waals surface area contributed by atoms with Crippen molar-refractivity contribution in [3.63, 3.8) is 0 Å². The summed E-state index contributed by atoms with van der Waals surface area (Å²) in [6, 6.07) is 0.179. The Morgan fingerprint density at radius 3 is 2.42 bits per heavy atom. The number of ether oxygens (including phenoxy) is 1. The van der Waals surface area contributed by atoms with Crippen molar-refractivity contribution in [2.75, 3.05) is 6.61 Å². The smallest absolute Gasteiger partial charge is 0.0807 e. The number of rotatable bonds is 2. The summed E-state index contributed by atoms with van der Waals surface area (Å²) >= 11 is 0. The summed E-state index contributed by atoms with van der Waals surface area (Å²) in [5.74, 6) is 0.507. The van der Waals surface area contributed by atoms with E-state index in [4.69, 9.17) is 10.5 Å². The lowest BCUT2D eigenvalue weighted by Gasteiger charge is -2.40. The van der Waals surface area contributed by atoms with E-state index in [1.165, 1.54) is 12.8 Å². The van der Waals surface area contributed by atoms with Gasteiger partial charge in [-0.3, -0.25) is 0 Å². The van der Waals surface area contributed by atoms with Crippen LogP contribution >= 0.6 is 0 Å². The highest BCUT2D eigenvalue weighted by molar-refractivity contribution is 4.90. The summed E-state index contributed by atoms with van der Waals surface area (Å²) in [4.78, 5) is 0. The minimum absolute atomic E-state index is 0.0631. The standard InChI is InChI=1S/C10H21NO/c1-8(2)9(11)10(3)6-4-5-7-12-10/h8-9H,4-7,11H2,1-3H3. The largest absolute Gasteiger partial charge is 0.374 e. The van der Waals surface area contributed by atoms with Crippen LogP contribution in [0.25, 0.3) is 0 Å². The Bertz CT molecular complexity index is 139. The lowest BCUT2D eigenvalue weighted by Crippen LogP contribution is -2.52. The van der Waals surface area contributed by atoms with Crippen molar-refractivity contribution in [2.45, 2.75) is 51.7 Å². The van der Waals surface area contributed by atoms with Gasteiger partial charge in [0, 0.05) is 12.6 Å². The van der Waals surface area contributed by atoms with Crippen LogP contribution in [0.15, 0.2) is 0 Å². The lowest BCUT2D eigenvalue weighted by molar-refractivity contribution is -0.0891. The maximum atomic E-state index is 6.10. The molecule has 1 fully saturated rings. The van der Waals surface area contributed by atoms with Crippen LogP contribution < -0.4 is 5.73 Å². The van der Waals surface area contributed by atoms with Crippen molar-refractivity contribution >= 4 is 0 Å². The van der Waals surface area contributed by atoms with Gasteiger partial charge in [-0.25, -0.2) is 0 Å². The first kappa shape index (κ1) is 10.0. The molecule has 12 heavy (non-hydrogen) atoms. The molecular formula is C10H21NO. The topological polar surface area (TPSA) is 35.2 Å². The highest BCUT2D eigenvalue weighted by atomic mass is 16.5. The normalized spacial score (nSPS) is 33.8. The molecule has 0 amide bonds. The molecule has 0 aliphatic carbocycles. The Kier molecular flexibility index (Phi) is 3.13. The third kappa shape index (κ3) is 1.99. The highest BCUT2D eigenvalue weighted by Crippen LogP contribution is 2.29. The van der Waals surface area contributed by atoms with Gasteiger partial charge in [0.2, 0.25) is 0 Å². The van der Waals surface area contributed by atoms with E-state index in [1.54, 1.807) is 0 Å². The molecule has 72 valence electrons. The van der Waals surface area contributed by atoms with Crippen LogP contribution in [0, 0.1) is 5.92 Å². The van der Waals surface area contributed by atoms with E-state index in [-0.39, 0.29) is 11.6 Å². The second kappa shape index (κ2) is 3.75. The van der Waals surface area contributed by atoms with Crippen molar-refractivity contribution in [2.24, 2.45) is 11.7 Å². The van der Waals surface area contributed by atoms with E-state index < -0.39 is 0 Å². The molecule has 2 nitrogen and oxygen atoms in total. The molecule has 0 aromatic carbocycles. The highest BCUT2D eigenvalue weighted by Gasteiger charge is 2.35. The minimum atomic E-state index is -0.0631. The summed E-state index contributed by atoms with van der Waals surface area (Å²) < 4.78 is 5.76. The quantitative estimate of drug-likeness (QED) is 0.689. The van der Waals surface area contributed by atoms with Crippen LogP contribution in [-0.2, 0) is 4.74 Å². The monoisotopic (exact) mass is 171 g/mol. The summed E-state index contributed by atoms with van der Waals surface area (Å²) in [6.45, 7) is 7.36. The second-order valence-electron chi connectivity index (χ2n) is 4.39. The van der Waals surface area contributed by atoms with Gasteiger partial charge in [0.1, 0.15) is 0 Å². The van der Waals surface area contributed by atoms with E-state index in [0.29, 0.717) is 5.92 Å². The predicted molar refractivity (Wildman–Crippen MR) is 51.0 cm³/mol. The van der Waals surface area contributed by atoms with Crippen LogP contribution in [0.5, 0.6) is 0 Å². The SMILES string of the molecule is CC(C)C(N)C1(C)CCCCO1. The zero-order valence-corrected chi connectivity index (χ0v) is 8.47. The van der Waals surface area contributed by atoms with Crippen LogP contribution in [-0.4, -0.2) is 18.2 Å². The molecule has 0 saturated carbocycles. The lowest BCUT2D eigenvalue weighted by atomic mass is 9.83. The van der Waals surface area contributed by atoms with Gasteiger partial charge in [0.25, 0.3) is 0 Å². The van der Waals surface area contributed by atoms with Crippen molar-refractivity contribution in [1.29, 1.82) is 0 Å². The number of hydrogen-bond donors (Lipinski definition) is 1.